The van der Waals surface area contributed by atoms with Crippen LogP contribution in [0.3, 0.4) is 0 Å². The van der Waals surface area contributed by atoms with E-state index < -0.39 is 6.10 Å². The van der Waals surface area contributed by atoms with Crippen LogP contribution in [0.15, 0.2) is 78.9 Å². The average molecular weight is 696 g/mol. The molecule has 9 heteroatoms. The summed E-state index contributed by atoms with van der Waals surface area (Å²) in [6.07, 6.45) is 6.77. The van der Waals surface area contributed by atoms with Gasteiger partial charge in [-0.15, -0.1) is 0 Å². The molecule has 0 radical (unpaired) electrons. The first-order valence-electron chi connectivity index (χ1n) is 18.1. The maximum atomic E-state index is 13.3. The summed E-state index contributed by atoms with van der Waals surface area (Å²) in [4.78, 5) is 13.3. The molecule has 0 amide bonds. The van der Waals surface area contributed by atoms with Crippen molar-refractivity contribution in [2.75, 3.05) is 6.73 Å². The van der Waals surface area contributed by atoms with E-state index in [9.17, 15) is 30.3 Å². The average Bonchev–Trinajstić information content (AvgIpc) is 3.13. The number of hydrogen-bond donors (Lipinski definition) is 6. The van der Waals surface area contributed by atoms with Crippen molar-refractivity contribution in [2.24, 2.45) is 11.7 Å². The van der Waals surface area contributed by atoms with Gasteiger partial charge in [0.15, 0.2) is 23.0 Å². The van der Waals surface area contributed by atoms with E-state index in [2.05, 4.69) is 24.3 Å². The third-order valence-corrected chi connectivity index (χ3v) is 11.0. The molecule has 3 atom stereocenters. The van der Waals surface area contributed by atoms with E-state index >= 15 is 0 Å². The molecule has 0 aromatic heterocycles. The summed E-state index contributed by atoms with van der Waals surface area (Å²) in [5, 5.41) is 53.8. The third-order valence-electron chi connectivity index (χ3n) is 11.0. The quantitative estimate of drug-likeness (QED) is 0.0588. The second-order valence-corrected chi connectivity index (χ2v) is 14.2. The Hall–Kier alpha value is -4.73. The molecule has 0 aliphatic heterocycles. The molecule has 0 spiro atoms. The van der Waals surface area contributed by atoms with Crippen LogP contribution in [0.1, 0.15) is 91.5 Å². The summed E-state index contributed by atoms with van der Waals surface area (Å²) in [5.41, 5.74) is 9.76. The molecule has 2 aliphatic carbocycles. The zero-order chi connectivity index (χ0) is 36.0. The van der Waals surface area contributed by atoms with Gasteiger partial charge in [-0.05, 0) is 108 Å². The Morgan fingerprint density at radius 3 is 2.39 bits per heavy atom. The van der Waals surface area contributed by atoms with E-state index in [0.29, 0.717) is 24.8 Å². The van der Waals surface area contributed by atoms with Crippen LogP contribution in [0.25, 0.3) is 0 Å². The SMILES string of the molecule is NCOc1cc(CCC(=O)C[C@H](O)C[C@H]2c3cc(O)c(O)c(OCc4cccc(O)c4)c3CC[C@@H]2C2(c3ccccc3)CCCCC2)ccc1O. The number of nitrogens with two attached hydrogens (primary N) is 1. The van der Waals surface area contributed by atoms with Crippen molar-refractivity contribution in [1.29, 1.82) is 0 Å². The molecule has 0 bridgehead atoms. The number of ether oxygens (including phenoxy) is 2. The van der Waals surface area contributed by atoms with Gasteiger partial charge in [-0.2, -0.15) is 0 Å². The lowest BCUT2D eigenvalue weighted by Gasteiger charge is -2.50. The van der Waals surface area contributed by atoms with Crippen LogP contribution in [0, 0.1) is 5.92 Å². The van der Waals surface area contributed by atoms with Crippen molar-refractivity contribution in [1.82, 2.24) is 0 Å². The second-order valence-electron chi connectivity index (χ2n) is 14.2. The lowest BCUT2D eigenvalue weighted by Crippen LogP contribution is -2.43. The van der Waals surface area contributed by atoms with Crippen molar-refractivity contribution in [3.05, 3.63) is 107 Å². The van der Waals surface area contributed by atoms with Crippen LogP contribution < -0.4 is 15.2 Å². The highest BCUT2D eigenvalue weighted by atomic mass is 16.5. The third kappa shape index (κ3) is 8.10. The fraction of sp³-hybridized carbons (Fsp3) is 0.405. The van der Waals surface area contributed by atoms with Gasteiger partial charge in [-0.3, -0.25) is 10.5 Å². The van der Waals surface area contributed by atoms with Gasteiger partial charge in [-0.1, -0.05) is 67.8 Å². The molecule has 0 saturated heterocycles. The molecule has 1 fully saturated rings. The lowest BCUT2D eigenvalue weighted by molar-refractivity contribution is -0.121. The molecular weight excluding hydrogens is 646 g/mol. The Labute approximate surface area is 299 Å². The summed E-state index contributed by atoms with van der Waals surface area (Å²) < 4.78 is 11.5. The molecule has 0 heterocycles. The first-order chi connectivity index (χ1) is 24.7. The number of carbonyl (C=O) groups is 1. The topological polar surface area (TPSA) is 163 Å². The fourth-order valence-corrected chi connectivity index (χ4v) is 8.68. The number of rotatable bonds is 14. The monoisotopic (exact) mass is 695 g/mol. The van der Waals surface area contributed by atoms with Gasteiger partial charge in [-0.25, -0.2) is 0 Å². The molecule has 4 aromatic carbocycles. The van der Waals surface area contributed by atoms with Crippen LogP contribution in [-0.4, -0.2) is 44.2 Å². The van der Waals surface area contributed by atoms with Gasteiger partial charge in [0.1, 0.15) is 24.9 Å². The molecule has 51 heavy (non-hydrogen) atoms. The fourth-order valence-electron chi connectivity index (χ4n) is 8.68. The molecule has 1 saturated carbocycles. The summed E-state index contributed by atoms with van der Waals surface area (Å²) in [6, 6.07) is 23.9. The molecular formula is C42H49NO8. The van der Waals surface area contributed by atoms with E-state index in [1.165, 1.54) is 18.1 Å². The Morgan fingerprint density at radius 2 is 1.65 bits per heavy atom. The van der Waals surface area contributed by atoms with Gasteiger partial charge in [0, 0.05) is 18.4 Å². The number of aryl methyl sites for hydroxylation is 1. The van der Waals surface area contributed by atoms with E-state index in [1.54, 1.807) is 36.4 Å². The Kier molecular flexibility index (Phi) is 11.4. The van der Waals surface area contributed by atoms with Gasteiger partial charge in [0.05, 0.1) is 6.10 Å². The normalized spacial score (nSPS) is 18.8. The molecule has 6 rings (SSSR count). The van der Waals surface area contributed by atoms with Crippen LogP contribution in [0.2, 0.25) is 0 Å². The van der Waals surface area contributed by atoms with E-state index in [0.717, 1.165) is 48.8 Å². The maximum Gasteiger partial charge on any atom is 0.200 e. The number of Topliss-reactive ketones (excluding diaryl/α,β-unsaturated/α-hetero) is 1. The minimum atomic E-state index is -0.934. The second kappa shape index (κ2) is 16.1. The maximum absolute atomic E-state index is 13.3. The highest BCUT2D eigenvalue weighted by Gasteiger charge is 2.48. The highest BCUT2D eigenvalue weighted by Crippen LogP contribution is 2.58. The molecule has 270 valence electrons. The largest absolute Gasteiger partial charge is 0.508 e. The molecule has 9 nitrogen and oxygen atoms in total. The summed E-state index contributed by atoms with van der Waals surface area (Å²) in [6.45, 7) is -0.000521. The van der Waals surface area contributed by atoms with Gasteiger partial charge in [0.2, 0.25) is 5.75 Å². The zero-order valence-electron chi connectivity index (χ0n) is 29.0. The number of benzene rings is 4. The predicted octanol–water partition coefficient (Wildman–Crippen LogP) is 7.27. The van der Waals surface area contributed by atoms with Crippen LogP contribution >= 0.6 is 0 Å². The molecule has 4 aromatic rings. The first-order valence-corrected chi connectivity index (χ1v) is 18.1. The minimum absolute atomic E-state index is 0.0215. The van der Waals surface area contributed by atoms with E-state index in [1.807, 2.05) is 12.1 Å². The summed E-state index contributed by atoms with van der Waals surface area (Å²) >= 11 is 0. The predicted molar refractivity (Wildman–Crippen MR) is 194 cm³/mol. The van der Waals surface area contributed by atoms with Crippen molar-refractivity contribution in [3.63, 3.8) is 0 Å². The highest BCUT2D eigenvalue weighted by molar-refractivity contribution is 5.79. The Morgan fingerprint density at radius 1 is 0.863 bits per heavy atom. The first kappa shape index (κ1) is 36.1. The van der Waals surface area contributed by atoms with Gasteiger partial charge < -0.3 is 35.0 Å². The number of aliphatic hydroxyl groups is 1. The van der Waals surface area contributed by atoms with Gasteiger partial charge >= 0.3 is 0 Å². The summed E-state index contributed by atoms with van der Waals surface area (Å²) in [5.74, 6) is -0.250. The smallest absolute Gasteiger partial charge is 0.200 e. The number of phenolic OH excluding ortho intramolecular Hbond substituents is 4. The number of phenols is 4. The Balaban J connectivity index is 1.29. The molecule has 0 unspecified atom stereocenters. The Bertz CT molecular complexity index is 1800. The van der Waals surface area contributed by atoms with Crippen molar-refractivity contribution < 1.29 is 39.8 Å². The minimum Gasteiger partial charge on any atom is -0.508 e. The number of carbonyl (C=O) groups excluding carboxylic acids is 1. The number of ketones is 1. The van der Waals surface area contributed by atoms with E-state index in [4.69, 9.17) is 15.2 Å². The number of aromatic hydroxyl groups is 4. The zero-order valence-corrected chi connectivity index (χ0v) is 29.0. The number of fused-ring (bicyclic) bond motifs is 1. The lowest BCUT2D eigenvalue weighted by atomic mass is 9.54. The van der Waals surface area contributed by atoms with Crippen LogP contribution in [0.4, 0.5) is 0 Å². The van der Waals surface area contributed by atoms with Crippen LogP contribution in [0.5, 0.6) is 34.5 Å². The molecule has 2 aliphatic rings. The van der Waals surface area contributed by atoms with Crippen molar-refractivity contribution >= 4 is 5.78 Å². The number of aliphatic hydroxyl groups excluding tert-OH is 1. The summed E-state index contributed by atoms with van der Waals surface area (Å²) in [7, 11) is 0. The number of hydrogen-bond acceptors (Lipinski definition) is 9. The van der Waals surface area contributed by atoms with Crippen molar-refractivity contribution in [2.45, 2.75) is 94.7 Å². The standard InChI is InChI=1S/C42H49NO8/c43-26-51-39-21-27(13-17-37(39)47)12-14-31(45)22-32(46)23-35-34-24-38(48)40(49)41(50-25-28-8-7-11-30(44)20-28)33(34)15-16-36(35)42(18-5-2-6-19-42)29-9-3-1-4-10-29/h1,3-4,7-11,13,17,20-21,24,32,35-36,44,46-49H,2,5-6,12,14-16,18-19,22-23,25-26,43H2/t32-,35-,36-/m0/s1. The van der Waals surface area contributed by atoms with Gasteiger partial charge in [0.25, 0.3) is 0 Å². The molecule has 7 N–H and O–H groups in total. The van der Waals surface area contributed by atoms with Crippen LogP contribution in [-0.2, 0) is 29.7 Å². The van der Waals surface area contributed by atoms with Crippen molar-refractivity contribution in [3.8, 4) is 34.5 Å². The van der Waals surface area contributed by atoms with E-state index in [-0.39, 0.29) is 83.7 Å².